The molecule has 6 heteroatoms. The van der Waals surface area contributed by atoms with Gasteiger partial charge in [-0.05, 0) is 19.8 Å². The molecular formula is C16H17N3O2S. The van der Waals surface area contributed by atoms with Gasteiger partial charge in [-0.3, -0.25) is 15.1 Å². The minimum atomic E-state index is -0.302. The van der Waals surface area contributed by atoms with Gasteiger partial charge in [-0.15, -0.1) is 0 Å². The number of aliphatic imine (C=N–C) groups is 1. The van der Waals surface area contributed by atoms with Crippen molar-refractivity contribution in [2.24, 2.45) is 4.99 Å². The van der Waals surface area contributed by atoms with E-state index >= 15 is 0 Å². The van der Waals surface area contributed by atoms with Crippen LogP contribution in [0.25, 0.3) is 5.70 Å². The van der Waals surface area contributed by atoms with Crippen LogP contribution < -0.4 is 0 Å². The van der Waals surface area contributed by atoms with E-state index in [4.69, 9.17) is 4.99 Å². The van der Waals surface area contributed by atoms with Crippen LogP contribution in [-0.4, -0.2) is 27.1 Å². The predicted octanol–water partition coefficient (Wildman–Crippen LogP) is 3.93. The standard InChI is InChI=1S/C16H17N3O2S/c1-10-6-7-11(8-14(10)19(20)21)15-9-22-16-17-12-4-2-3-5-13(12)18(15)16/h6-9,12-13H,2-5H2,1H3/t12-,13+/m1/s1. The number of fused-ring (bicyclic) bond motifs is 3. The van der Waals surface area contributed by atoms with Gasteiger partial charge in [0.05, 0.1) is 22.7 Å². The lowest BCUT2D eigenvalue weighted by atomic mass is 9.90. The minimum absolute atomic E-state index is 0.188. The average Bonchev–Trinajstić information content (AvgIpc) is 3.06. The lowest BCUT2D eigenvalue weighted by Gasteiger charge is -2.32. The summed E-state index contributed by atoms with van der Waals surface area (Å²) in [5, 5.41) is 14.3. The molecule has 0 amide bonds. The summed E-state index contributed by atoms with van der Waals surface area (Å²) in [6, 6.07) is 6.35. The Morgan fingerprint density at radius 2 is 2.18 bits per heavy atom. The molecular weight excluding hydrogens is 298 g/mol. The summed E-state index contributed by atoms with van der Waals surface area (Å²) in [6.45, 7) is 1.78. The van der Waals surface area contributed by atoms with Crippen molar-refractivity contribution in [3.63, 3.8) is 0 Å². The van der Waals surface area contributed by atoms with Crippen molar-refractivity contribution in [3.8, 4) is 0 Å². The van der Waals surface area contributed by atoms with E-state index < -0.39 is 0 Å². The Labute approximate surface area is 133 Å². The number of amidine groups is 1. The zero-order valence-corrected chi connectivity index (χ0v) is 13.2. The molecule has 1 fully saturated rings. The number of thioether (sulfide) groups is 1. The Balaban J connectivity index is 1.70. The van der Waals surface area contributed by atoms with Crippen molar-refractivity contribution < 1.29 is 4.92 Å². The van der Waals surface area contributed by atoms with Gasteiger partial charge in [-0.25, -0.2) is 0 Å². The quantitative estimate of drug-likeness (QED) is 0.613. The van der Waals surface area contributed by atoms with E-state index in [1.165, 1.54) is 12.8 Å². The summed E-state index contributed by atoms with van der Waals surface area (Å²) in [4.78, 5) is 18.0. The summed E-state index contributed by atoms with van der Waals surface area (Å²) in [5.74, 6) is 0. The molecule has 0 saturated heterocycles. The minimum Gasteiger partial charge on any atom is -0.315 e. The highest BCUT2D eigenvalue weighted by Gasteiger charge is 2.42. The van der Waals surface area contributed by atoms with Gasteiger partial charge in [0.15, 0.2) is 5.17 Å². The van der Waals surface area contributed by atoms with E-state index in [1.807, 2.05) is 12.1 Å². The molecule has 0 radical (unpaired) electrons. The number of aryl methyl sites for hydroxylation is 1. The highest BCUT2D eigenvalue weighted by Crippen LogP contribution is 2.44. The molecule has 0 spiro atoms. The Morgan fingerprint density at radius 3 is 3.00 bits per heavy atom. The van der Waals surface area contributed by atoms with Crippen molar-refractivity contribution in [2.45, 2.75) is 44.7 Å². The molecule has 22 heavy (non-hydrogen) atoms. The molecule has 1 aromatic rings. The van der Waals surface area contributed by atoms with E-state index in [0.29, 0.717) is 17.6 Å². The van der Waals surface area contributed by atoms with Gasteiger partial charge in [0.25, 0.3) is 5.69 Å². The van der Waals surface area contributed by atoms with Gasteiger partial charge < -0.3 is 4.90 Å². The molecule has 5 nitrogen and oxygen atoms in total. The van der Waals surface area contributed by atoms with E-state index in [9.17, 15) is 10.1 Å². The summed E-state index contributed by atoms with van der Waals surface area (Å²) in [6.07, 6.45) is 4.81. The number of hydrogen-bond donors (Lipinski definition) is 0. The van der Waals surface area contributed by atoms with Crippen LogP contribution in [0, 0.1) is 17.0 Å². The molecule has 4 rings (SSSR count). The number of hydrogen-bond acceptors (Lipinski definition) is 5. The second-order valence-electron chi connectivity index (χ2n) is 6.08. The van der Waals surface area contributed by atoms with Crippen LogP contribution >= 0.6 is 11.8 Å². The first-order valence-electron chi connectivity index (χ1n) is 7.64. The number of nitro benzene ring substituents is 1. The summed E-state index contributed by atoms with van der Waals surface area (Å²) >= 11 is 1.64. The lowest BCUT2D eigenvalue weighted by Crippen LogP contribution is -2.38. The predicted molar refractivity (Wildman–Crippen MR) is 88.7 cm³/mol. The van der Waals surface area contributed by atoms with Gasteiger partial charge in [0.2, 0.25) is 0 Å². The highest BCUT2D eigenvalue weighted by atomic mass is 32.2. The van der Waals surface area contributed by atoms with E-state index in [2.05, 4.69) is 10.3 Å². The fourth-order valence-electron chi connectivity index (χ4n) is 3.60. The van der Waals surface area contributed by atoms with Gasteiger partial charge >= 0.3 is 0 Å². The fourth-order valence-corrected chi connectivity index (χ4v) is 4.61. The third-order valence-electron chi connectivity index (χ3n) is 4.75. The molecule has 0 aromatic heterocycles. The first-order valence-corrected chi connectivity index (χ1v) is 8.52. The Bertz CT molecular complexity index is 713. The first kappa shape index (κ1) is 13.8. The van der Waals surface area contributed by atoms with Crippen molar-refractivity contribution in [1.82, 2.24) is 4.90 Å². The molecule has 1 aromatic carbocycles. The van der Waals surface area contributed by atoms with Crippen molar-refractivity contribution in [1.29, 1.82) is 0 Å². The second kappa shape index (κ2) is 5.12. The van der Waals surface area contributed by atoms with E-state index in [-0.39, 0.29) is 10.6 Å². The monoisotopic (exact) mass is 315 g/mol. The van der Waals surface area contributed by atoms with Crippen LogP contribution in [-0.2, 0) is 0 Å². The van der Waals surface area contributed by atoms with Crippen LogP contribution in [0.5, 0.6) is 0 Å². The van der Waals surface area contributed by atoms with Crippen LogP contribution in [0.4, 0.5) is 5.69 Å². The molecule has 1 aliphatic carbocycles. The summed E-state index contributed by atoms with van der Waals surface area (Å²) in [7, 11) is 0. The van der Waals surface area contributed by atoms with E-state index in [1.54, 1.807) is 24.8 Å². The smallest absolute Gasteiger partial charge is 0.272 e. The Kier molecular flexibility index (Phi) is 3.22. The Morgan fingerprint density at radius 1 is 1.36 bits per heavy atom. The highest BCUT2D eigenvalue weighted by molar-refractivity contribution is 8.16. The van der Waals surface area contributed by atoms with Gasteiger partial charge in [-0.2, -0.15) is 0 Å². The fraction of sp³-hybridized carbons (Fsp3) is 0.438. The van der Waals surface area contributed by atoms with Crippen LogP contribution in [0.2, 0.25) is 0 Å². The van der Waals surface area contributed by atoms with Crippen molar-refractivity contribution in [2.75, 3.05) is 0 Å². The van der Waals surface area contributed by atoms with Crippen LogP contribution in [0.1, 0.15) is 36.8 Å². The van der Waals surface area contributed by atoms with Gasteiger partial charge in [0.1, 0.15) is 0 Å². The SMILES string of the molecule is Cc1ccc(C2=CSC3=N[C@@H]4CCCC[C@@H]4N23)cc1[N+](=O)[O-]. The maximum absolute atomic E-state index is 11.2. The average molecular weight is 315 g/mol. The van der Waals surface area contributed by atoms with Crippen LogP contribution in [0.3, 0.4) is 0 Å². The molecule has 1 saturated carbocycles. The van der Waals surface area contributed by atoms with Crippen molar-refractivity contribution >= 4 is 28.3 Å². The van der Waals surface area contributed by atoms with Gasteiger partial charge in [0, 0.05) is 22.6 Å². The third kappa shape index (κ3) is 2.05. The number of benzene rings is 1. The maximum Gasteiger partial charge on any atom is 0.272 e. The molecule has 3 aliphatic rings. The summed E-state index contributed by atoms with van der Waals surface area (Å²) < 4.78 is 0. The normalized spacial score (nSPS) is 26.3. The summed E-state index contributed by atoms with van der Waals surface area (Å²) in [5.41, 5.74) is 2.88. The molecule has 0 N–H and O–H groups in total. The third-order valence-corrected chi connectivity index (χ3v) is 5.60. The number of nitrogens with zero attached hydrogens (tertiary/aromatic N) is 3. The van der Waals surface area contributed by atoms with Gasteiger partial charge in [-0.1, -0.05) is 36.7 Å². The van der Waals surface area contributed by atoms with Crippen LogP contribution in [0.15, 0.2) is 28.6 Å². The maximum atomic E-state index is 11.2. The second-order valence-corrected chi connectivity index (χ2v) is 6.92. The molecule has 2 heterocycles. The molecule has 0 unspecified atom stereocenters. The molecule has 114 valence electrons. The lowest BCUT2D eigenvalue weighted by molar-refractivity contribution is -0.385. The number of rotatable bonds is 2. The molecule has 2 atom stereocenters. The topological polar surface area (TPSA) is 58.7 Å². The number of nitro groups is 1. The molecule has 0 bridgehead atoms. The molecule has 2 aliphatic heterocycles. The zero-order valence-electron chi connectivity index (χ0n) is 12.4. The first-order chi connectivity index (χ1) is 10.6. The van der Waals surface area contributed by atoms with Crippen molar-refractivity contribution in [3.05, 3.63) is 44.8 Å². The zero-order chi connectivity index (χ0) is 15.3. The largest absolute Gasteiger partial charge is 0.315 e. The van der Waals surface area contributed by atoms with E-state index in [0.717, 1.165) is 29.3 Å². The Hall–Kier alpha value is -1.82.